The standard InChI is InChI=1S/C14H17BrN4O.ClH/c15-11-3-1-10(2-4-11)7-8-17-13(20)6-5-12-9-18-14(16)19-12;/h1-4,9H,5-8H2,(H,17,20)(H3,16,18,19);1H. The molecule has 2 rings (SSSR count). The molecule has 0 bridgehead atoms. The third-order valence-corrected chi connectivity index (χ3v) is 3.45. The number of halogens is 2. The van der Waals surface area contributed by atoms with E-state index in [-0.39, 0.29) is 18.3 Å². The predicted molar refractivity (Wildman–Crippen MR) is 89.4 cm³/mol. The second-order valence-corrected chi connectivity index (χ2v) is 5.44. The Hall–Kier alpha value is -1.53. The average Bonchev–Trinajstić information content (AvgIpc) is 2.85. The van der Waals surface area contributed by atoms with E-state index in [9.17, 15) is 4.79 Å². The van der Waals surface area contributed by atoms with E-state index in [1.807, 2.05) is 24.3 Å². The summed E-state index contributed by atoms with van der Waals surface area (Å²) >= 11 is 3.39. The van der Waals surface area contributed by atoms with E-state index in [1.165, 1.54) is 5.56 Å². The molecule has 0 aliphatic rings. The largest absolute Gasteiger partial charge is 0.369 e. The highest BCUT2D eigenvalue weighted by molar-refractivity contribution is 9.10. The Balaban J connectivity index is 0.00000220. The number of hydrogen-bond acceptors (Lipinski definition) is 3. The molecule has 0 aliphatic carbocycles. The summed E-state index contributed by atoms with van der Waals surface area (Å²) in [6.07, 6.45) is 3.54. The fraction of sp³-hybridized carbons (Fsp3) is 0.286. The van der Waals surface area contributed by atoms with Crippen molar-refractivity contribution in [1.82, 2.24) is 15.3 Å². The molecule has 1 aromatic heterocycles. The van der Waals surface area contributed by atoms with Gasteiger partial charge in [0.2, 0.25) is 5.91 Å². The molecular weight excluding hydrogens is 356 g/mol. The summed E-state index contributed by atoms with van der Waals surface area (Å²) in [7, 11) is 0. The highest BCUT2D eigenvalue weighted by Crippen LogP contribution is 2.10. The van der Waals surface area contributed by atoms with Crippen LogP contribution in [0.3, 0.4) is 0 Å². The summed E-state index contributed by atoms with van der Waals surface area (Å²) in [4.78, 5) is 18.5. The van der Waals surface area contributed by atoms with Crippen molar-refractivity contribution in [1.29, 1.82) is 0 Å². The maximum absolute atomic E-state index is 11.7. The van der Waals surface area contributed by atoms with Crippen molar-refractivity contribution < 1.29 is 4.79 Å². The van der Waals surface area contributed by atoms with Crippen LogP contribution in [0.1, 0.15) is 17.7 Å². The van der Waals surface area contributed by atoms with Crippen molar-refractivity contribution in [3.05, 3.63) is 46.2 Å². The molecule has 0 saturated heterocycles. The van der Waals surface area contributed by atoms with E-state index in [2.05, 4.69) is 31.2 Å². The number of aromatic amines is 1. The summed E-state index contributed by atoms with van der Waals surface area (Å²) < 4.78 is 1.06. The Morgan fingerprint density at radius 1 is 1.29 bits per heavy atom. The molecule has 0 spiro atoms. The molecular formula is C14H18BrClN4O. The van der Waals surface area contributed by atoms with Crippen LogP contribution < -0.4 is 11.1 Å². The molecule has 1 heterocycles. The number of amides is 1. The van der Waals surface area contributed by atoms with Gasteiger partial charge in [-0.15, -0.1) is 12.4 Å². The number of nitrogens with one attached hydrogen (secondary N) is 2. The van der Waals surface area contributed by atoms with Crippen LogP contribution in [0.5, 0.6) is 0 Å². The van der Waals surface area contributed by atoms with Crippen LogP contribution in [0.2, 0.25) is 0 Å². The summed E-state index contributed by atoms with van der Waals surface area (Å²) in [5, 5.41) is 2.91. The van der Waals surface area contributed by atoms with Gasteiger partial charge in [-0.05, 0) is 30.5 Å². The van der Waals surface area contributed by atoms with Crippen molar-refractivity contribution >= 4 is 40.2 Å². The van der Waals surface area contributed by atoms with Gasteiger partial charge in [0.05, 0.1) is 6.20 Å². The summed E-state index contributed by atoms with van der Waals surface area (Å²) in [5.41, 5.74) is 7.55. The van der Waals surface area contributed by atoms with E-state index in [0.717, 1.165) is 16.6 Å². The van der Waals surface area contributed by atoms with Crippen LogP contribution in [0, 0.1) is 0 Å². The van der Waals surface area contributed by atoms with Crippen LogP contribution in [-0.4, -0.2) is 22.4 Å². The fourth-order valence-electron chi connectivity index (χ4n) is 1.84. The molecule has 2 aromatic rings. The summed E-state index contributed by atoms with van der Waals surface area (Å²) in [5.74, 6) is 0.422. The van der Waals surface area contributed by atoms with Gasteiger partial charge in [0.1, 0.15) is 0 Å². The zero-order chi connectivity index (χ0) is 14.4. The zero-order valence-corrected chi connectivity index (χ0v) is 13.8. The summed E-state index contributed by atoms with van der Waals surface area (Å²) in [6.45, 7) is 0.644. The lowest BCUT2D eigenvalue weighted by Crippen LogP contribution is -2.25. The van der Waals surface area contributed by atoms with Gasteiger partial charge in [0.15, 0.2) is 5.95 Å². The van der Waals surface area contributed by atoms with Crippen LogP contribution in [0.4, 0.5) is 5.95 Å². The molecule has 0 atom stereocenters. The van der Waals surface area contributed by atoms with Gasteiger partial charge in [-0.1, -0.05) is 28.1 Å². The minimum Gasteiger partial charge on any atom is -0.369 e. The van der Waals surface area contributed by atoms with Gasteiger partial charge >= 0.3 is 0 Å². The molecule has 0 fully saturated rings. The van der Waals surface area contributed by atoms with Gasteiger partial charge in [0.25, 0.3) is 0 Å². The fourth-order valence-corrected chi connectivity index (χ4v) is 2.10. The van der Waals surface area contributed by atoms with Crippen LogP contribution in [-0.2, 0) is 17.6 Å². The zero-order valence-electron chi connectivity index (χ0n) is 11.4. The van der Waals surface area contributed by atoms with Crippen LogP contribution in [0.25, 0.3) is 0 Å². The third-order valence-electron chi connectivity index (χ3n) is 2.92. The minimum atomic E-state index is 0. The van der Waals surface area contributed by atoms with E-state index < -0.39 is 0 Å². The molecule has 1 amide bonds. The first kappa shape index (κ1) is 17.5. The van der Waals surface area contributed by atoms with E-state index in [4.69, 9.17) is 5.73 Å². The molecule has 0 aliphatic heterocycles. The lowest BCUT2D eigenvalue weighted by Gasteiger charge is -2.05. The number of imidazole rings is 1. The van der Waals surface area contributed by atoms with Gasteiger partial charge in [-0.2, -0.15) is 0 Å². The average molecular weight is 374 g/mol. The molecule has 0 saturated carbocycles. The Morgan fingerprint density at radius 3 is 2.62 bits per heavy atom. The second kappa shape index (κ2) is 8.69. The number of H-pyrrole nitrogens is 1. The van der Waals surface area contributed by atoms with E-state index in [0.29, 0.717) is 25.3 Å². The lowest BCUT2D eigenvalue weighted by molar-refractivity contribution is -0.121. The molecule has 0 unspecified atom stereocenters. The number of aryl methyl sites for hydroxylation is 1. The first-order chi connectivity index (χ1) is 9.63. The molecule has 0 radical (unpaired) electrons. The maximum Gasteiger partial charge on any atom is 0.220 e. The van der Waals surface area contributed by atoms with Crippen molar-refractivity contribution in [3.8, 4) is 0 Å². The Kier molecular flexibility index (Phi) is 7.25. The molecule has 114 valence electrons. The normalized spacial score (nSPS) is 9.95. The first-order valence-electron chi connectivity index (χ1n) is 6.44. The quantitative estimate of drug-likeness (QED) is 0.727. The molecule has 21 heavy (non-hydrogen) atoms. The minimum absolute atomic E-state index is 0. The van der Waals surface area contributed by atoms with Crippen molar-refractivity contribution in [2.75, 3.05) is 12.3 Å². The van der Waals surface area contributed by atoms with Gasteiger partial charge in [-0.3, -0.25) is 4.79 Å². The number of nitrogens with zero attached hydrogens (tertiary/aromatic N) is 1. The highest BCUT2D eigenvalue weighted by atomic mass is 79.9. The Labute approximate surface area is 138 Å². The number of carbonyl (C=O) groups is 1. The predicted octanol–water partition coefficient (Wildman–Crippen LogP) is 2.47. The number of carbonyl (C=O) groups excluding carboxylic acids is 1. The van der Waals surface area contributed by atoms with Crippen molar-refractivity contribution in [2.45, 2.75) is 19.3 Å². The Bertz CT molecular complexity index is 571. The maximum atomic E-state index is 11.7. The first-order valence-corrected chi connectivity index (χ1v) is 7.23. The van der Waals surface area contributed by atoms with E-state index >= 15 is 0 Å². The smallest absolute Gasteiger partial charge is 0.220 e. The number of hydrogen-bond donors (Lipinski definition) is 3. The number of benzene rings is 1. The van der Waals surface area contributed by atoms with Gasteiger partial charge < -0.3 is 16.0 Å². The molecule has 7 heteroatoms. The SMILES string of the molecule is Cl.Nc1ncc(CCC(=O)NCCc2ccc(Br)cc2)[nH]1. The van der Waals surface area contributed by atoms with Crippen molar-refractivity contribution in [2.24, 2.45) is 0 Å². The summed E-state index contributed by atoms with van der Waals surface area (Å²) in [6, 6.07) is 8.09. The third kappa shape index (κ3) is 6.18. The Morgan fingerprint density at radius 2 is 2.00 bits per heavy atom. The van der Waals surface area contributed by atoms with Crippen LogP contribution in [0.15, 0.2) is 34.9 Å². The van der Waals surface area contributed by atoms with E-state index in [1.54, 1.807) is 6.20 Å². The molecule has 1 aromatic carbocycles. The molecule has 5 nitrogen and oxygen atoms in total. The van der Waals surface area contributed by atoms with Crippen LogP contribution >= 0.6 is 28.3 Å². The highest BCUT2D eigenvalue weighted by Gasteiger charge is 2.04. The molecule has 4 N–H and O–H groups in total. The number of rotatable bonds is 6. The number of nitrogens with two attached hydrogens (primary N) is 1. The van der Waals surface area contributed by atoms with Crippen molar-refractivity contribution in [3.63, 3.8) is 0 Å². The number of anilines is 1. The monoisotopic (exact) mass is 372 g/mol. The number of nitrogen functional groups attached to an aromatic ring is 1. The second-order valence-electron chi connectivity index (χ2n) is 4.52. The van der Waals surface area contributed by atoms with Gasteiger partial charge in [-0.25, -0.2) is 4.98 Å². The topological polar surface area (TPSA) is 83.8 Å². The lowest BCUT2D eigenvalue weighted by atomic mass is 10.1. The number of aromatic nitrogens is 2. The van der Waals surface area contributed by atoms with Gasteiger partial charge in [0, 0.05) is 23.1 Å².